The summed E-state index contributed by atoms with van der Waals surface area (Å²) in [5.74, 6) is 0.662. The quantitative estimate of drug-likeness (QED) is 0.829. The lowest BCUT2D eigenvalue weighted by atomic mass is 9.79. The van der Waals surface area contributed by atoms with E-state index in [1.54, 1.807) is 0 Å². The van der Waals surface area contributed by atoms with E-state index in [0.29, 0.717) is 19.1 Å². The Labute approximate surface area is 92.9 Å². The third-order valence-electron chi connectivity index (χ3n) is 3.17. The zero-order chi connectivity index (χ0) is 11.2. The van der Waals surface area contributed by atoms with E-state index in [1.807, 2.05) is 25.1 Å². The van der Waals surface area contributed by atoms with Gasteiger partial charge in [0.25, 0.3) is 0 Å². The summed E-state index contributed by atoms with van der Waals surface area (Å²) in [4.78, 5) is 4.25. The average molecular weight is 219 g/mol. The molecule has 0 saturated carbocycles. The Morgan fingerprint density at radius 1 is 1.44 bits per heavy atom. The van der Waals surface area contributed by atoms with Crippen molar-refractivity contribution in [1.82, 2.24) is 4.98 Å². The molecular formula is C12H13NO3. The van der Waals surface area contributed by atoms with Gasteiger partial charge in [-0.15, -0.1) is 0 Å². The fourth-order valence-corrected chi connectivity index (χ4v) is 2.07. The van der Waals surface area contributed by atoms with Gasteiger partial charge in [-0.1, -0.05) is 6.07 Å². The lowest BCUT2D eigenvalue weighted by Gasteiger charge is -2.40. The first-order chi connectivity index (χ1) is 7.73. The Morgan fingerprint density at radius 2 is 2.25 bits per heavy atom. The van der Waals surface area contributed by atoms with Crippen molar-refractivity contribution >= 4 is 11.1 Å². The lowest BCUT2D eigenvalue weighted by molar-refractivity contribution is -0.0841. The zero-order valence-corrected chi connectivity index (χ0v) is 9.06. The van der Waals surface area contributed by atoms with Crippen LogP contribution in [0.25, 0.3) is 11.1 Å². The van der Waals surface area contributed by atoms with Gasteiger partial charge in [0.1, 0.15) is 5.52 Å². The van der Waals surface area contributed by atoms with E-state index in [1.165, 1.54) is 0 Å². The molecule has 16 heavy (non-hydrogen) atoms. The predicted molar refractivity (Wildman–Crippen MR) is 58.3 cm³/mol. The summed E-state index contributed by atoms with van der Waals surface area (Å²) in [7, 11) is 0. The second-order valence-corrected chi connectivity index (χ2v) is 4.35. The molecular weight excluding hydrogens is 206 g/mol. The summed E-state index contributed by atoms with van der Waals surface area (Å²) in [6.45, 7) is 3.07. The molecule has 1 N–H and O–H groups in total. The van der Waals surface area contributed by atoms with Gasteiger partial charge in [-0.25, -0.2) is 4.98 Å². The molecule has 0 unspecified atom stereocenters. The van der Waals surface area contributed by atoms with Gasteiger partial charge >= 0.3 is 0 Å². The van der Waals surface area contributed by atoms with Crippen molar-refractivity contribution in [3.8, 4) is 0 Å². The number of fused-ring (bicyclic) bond motifs is 1. The first kappa shape index (κ1) is 9.81. The molecule has 0 aliphatic carbocycles. The van der Waals surface area contributed by atoms with E-state index < -0.39 is 0 Å². The molecule has 1 aromatic carbocycles. The van der Waals surface area contributed by atoms with E-state index in [9.17, 15) is 5.11 Å². The van der Waals surface area contributed by atoms with Crippen molar-refractivity contribution in [1.29, 1.82) is 0 Å². The normalized spacial score (nSPS) is 18.6. The highest BCUT2D eigenvalue weighted by molar-refractivity contribution is 5.73. The maximum Gasteiger partial charge on any atom is 0.192 e. The molecule has 4 nitrogen and oxygen atoms in total. The molecule has 0 amide bonds. The topological polar surface area (TPSA) is 55.5 Å². The van der Waals surface area contributed by atoms with Crippen molar-refractivity contribution in [3.05, 3.63) is 29.7 Å². The third-order valence-corrected chi connectivity index (χ3v) is 3.17. The fourth-order valence-electron chi connectivity index (χ4n) is 2.07. The van der Waals surface area contributed by atoms with Crippen molar-refractivity contribution < 1.29 is 14.3 Å². The Balaban J connectivity index is 2.10. The largest absolute Gasteiger partial charge is 0.441 e. The molecule has 0 spiro atoms. The van der Waals surface area contributed by atoms with E-state index in [2.05, 4.69) is 4.98 Å². The van der Waals surface area contributed by atoms with Crippen LogP contribution in [0.1, 0.15) is 11.5 Å². The summed E-state index contributed by atoms with van der Waals surface area (Å²) in [5, 5.41) is 9.44. The maximum absolute atomic E-state index is 9.44. The number of nitrogens with zero attached hydrogens (tertiary/aromatic N) is 1. The number of hydrogen-bond donors (Lipinski definition) is 1. The molecule has 1 aliphatic heterocycles. The molecule has 0 atom stereocenters. The molecule has 2 aromatic rings. The summed E-state index contributed by atoms with van der Waals surface area (Å²) < 4.78 is 10.7. The standard InChI is InChI=1S/C12H13NO3/c1-8-13-10-3-2-9(4-11(10)16-8)12(5-14)6-15-7-12/h2-4,14H,5-7H2,1H3. The summed E-state index contributed by atoms with van der Waals surface area (Å²) in [6, 6.07) is 5.87. The zero-order valence-electron chi connectivity index (χ0n) is 9.06. The van der Waals surface area contributed by atoms with Gasteiger partial charge in [0.2, 0.25) is 0 Å². The van der Waals surface area contributed by atoms with Crippen molar-refractivity contribution in [2.45, 2.75) is 12.3 Å². The van der Waals surface area contributed by atoms with Crippen molar-refractivity contribution in [2.75, 3.05) is 19.8 Å². The average Bonchev–Trinajstić information content (AvgIpc) is 2.56. The van der Waals surface area contributed by atoms with E-state index in [0.717, 1.165) is 16.7 Å². The van der Waals surface area contributed by atoms with Crippen LogP contribution in [0.3, 0.4) is 0 Å². The fraction of sp³-hybridized carbons (Fsp3) is 0.417. The SMILES string of the molecule is Cc1nc2ccc(C3(CO)COC3)cc2o1. The smallest absolute Gasteiger partial charge is 0.192 e. The number of aliphatic hydroxyl groups excluding tert-OH is 1. The Kier molecular flexibility index (Phi) is 2.02. The molecule has 84 valence electrons. The third kappa shape index (κ3) is 1.27. The van der Waals surface area contributed by atoms with Gasteiger partial charge in [-0.05, 0) is 17.7 Å². The highest BCUT2D eigenvalue weighted by Gasteiger charge is 2.40. The number of oxazole rings is 1. The second-order valence-electron chi connectivity index (χ2n) is 4.35. The van der Waals surface area contributed by atoms with Crippen LogP contribution in [-0.4, -0.2) is 29.9 Å². The van der Waals surface area contributed by atoms with Gasteiger partial charge in [0.05, 0.1) is 25.2 Å². The number of aryl methyl sites for hydroxylation is 1. The minimum atomic E-state index is -0.241. The molecule has 4 heteroatoms. The first-order valence-corrected chi connectivity index (χ1v) is 5.30. The van der Waals surface area contributed by atoms with Crippen LogP contribution in [0.5, 0.6) is 0 Å². The van der Waals surface area contributed by atoms with Gasteiger partial charge in [-0.2, -0.15) is 0 Å². The Morgan fingerprint density at radius 3 is 2.88 bits per heavy atom. The number of hydrogen-bond acceptors (Lipinski definition) is 4. The predicted octanol–water partition coefficient (Wildman–Crippen LogP) is 1.40. The minimum absolute atomic E-state index is 0.103. The Hall–Kier alpha value is -1.39. The first-order valence-electron chi connectivity index (χ1n) is 5.30. The molecule has 1 saturated heterocycles. The second kappa shape index (κ2) is 3.30. The number of aromatic nitrogens is 1. The van der Waals surface area contributed by atoms with Crippen molar-refractivity contribution in [3.63, 3.8) is 0 Å². The number of benzene rings is 1. The van der Waals surface area contributed by atoms with E-state index in [-0.39, 0.29) is 12.0 Å². The van der Waals surface area contributed by atoms with Crippen LogP contribution >= 0.6 is 0 Å². The molecule has 1 aliphatic rings. The minimum Gasteiger partial charge on any atom is -0.441 e. The molecule has 3 rings (SSSR count). The van der Waals surface area contributed by atoms with E-state index >= 15 is 0 Å². The molecule has 2 heterocycles. The summed E-state index contributed by atoms with van der Waals surface area (Å²) >= 11 is 0. The van der Waals surface area contributed by atoms with E-state index in [4.69, 9.17) is 9.15 Å². The van der Waals surface area contributed by atoms with Crippen LogP contribution in [0.15, 0.2) is 22.6 Å². The summed E-state index contributed by atoms with van der Waals surface area (Å²) in [6.07, 6.45) is 0. The van der Waals surface area contributed by atoms with Crippen LogP contribution < -0.4 is 0 Å². The molecule has 0 bridgehead atoms. The lowest BCUT2D eigenvalue weighted by Crippen LogP contribution is -2.49. The Bertz CT molecular complexity index is 523. The molecule has 0 radical (unpaired) electrons. The monoisotopic (exact) mass is 219 g/mol. The summed E-state index contributed by atoms with van der Waals surface area (Å²) in [5.41, 5.74) is 2.45. The van der Waals surface area contributed by atoms with Gasteiger partial charge in [0, 0.05) is 6.92 Å². The van der Waals surface area contributed by atoms with Crippen LogP contribution in [-0.2, 0) is 10.2 Å². The highest BCUT2D eigenvalue weighted by atomic mass is 16.5. The number of rotatable bonds is 2. The van der Waals surface area contributed by atoms with Gasteiger partial charge < -0.3 is 14.3 Å². The van der Waals surface area contributed by atoms with Crippen LogP contribution in [0.2, 0.25) is 0 Å². The van der Waals surface area contributed by atoms with Gasteiger partial charge in [0.15, 0.2) is 11.5 Å². The highest BCUT2D eigenvalue weighted by Crippen LogP contribution is 2.33. The molecule has 1 fully saturated rings. The van der Waals surface area contributed by atoms with Crippen molar-refractivity contribution in [2.24, 2.45) is 0 Å². The van der Waals surface area contributed by atoms with Crippen LogP contribution in [0, 0.1) is 6.92 Å². The van der Waals surface area contributed by atoms with Crippen LogP contribution in [0.4, 0.5) is 0 Å². The number of aliphatic hydroxyl groups is 1. The van der Waals surface area contributed by atoms with Gasteiger partial charge in [-0.3, -0.25) is 0 Å². The maximum atomic E-state index is 9.44. The molecule has 1 aromatic heterocycles. The number of ether oxygens (including phenoxy) is 1.